The Labute approximate surface area is 146 Å². The van der Waals surface area contributed by atoms with E-state index in [9.17, 15) is 4.79 Å². The maximum atomic E-state index is 13.0. The van der Waals surface area contributed by atoms with E-state index in [1.54, 1.807) is 18.9 Å². The van der Waals surface area contributed by atoms with E-state index in [0.717, 1.165) is 28.5 Å². The minimum atomic E-state index is -0.0952. The molecule has 2 heterocycles. The molecule has 0 spiro atoms. The second kappa shape index (κ2) is 6.40. The average Bonchev–Trinajstić information content (AvgIpc) is 2.89. The van der Waals surface area contributed by atoms with Crippen molar-refractivity contribution < 1.29 is 9.47 Å². The maximum Gasteiger partial charge on any atom is 0.291 e. The zero-order valence-electron chi connectivity index (χ0n) is 15.6. The van der Waals surface area contributed by atoms with Gasteiger partial charge in [0.15, 0.2) is 0 Å². The molecule has 0 unspecified atom stereocenters. The van der Waals surface area contributed by atoms with E-state index in [2.05, 4.69) is 5.10 Å². The van der Waals surface area contributed by atoms with Gasteiger partial charge >= 0.3 is 0 Å². The number of aryl methyl sites for hydroxylation is 2. The highest BCUT2D eigenvalue weighted by atomic mass is 16.5. The summed E-state index contributed by atoms with van der Waals surface area (Å²) in [5.41, 5.74) is 2.23. The average molecular weight is 344 g/mol. The Bertz CT molecular complexity index is 1000. The summed E-state index contributed by atoms with van der Waals surface area (Å²) in [6.07, 6.45) is 0. The van der Waals surface area contributed by atoms with Crippen molar-refractivity contribution in [1.29, 1.82) is 0 Å². The highest BCUT2D eigenvalue weighted by Gasteiger charge is 2.20. The van der Waals surface area contributed by atoms with Gasteiger partial charge in [0.2, 0.25) is 0 Å². The lowest BCUT2D eigenvalue weighted by Crippen LogP contribution is -2.29. The van der Waals surface area contributed by atoms with Crippen LogP contribution < -0.4 is 15.0 Å². The van der Waals surface area contributed by atoms with Crippen molar-refractivity contribution >= 4 is 21.8 Å². The minimum Gasteiger partial charge on any atom is -0.497 e. The number of methoxy groups -OCH3 is 2. The molecule has 3 aromatic rings. The SMILES string of the molecule is COc1cc(OC)c2c3c(C)nn(CCN(C)C)c(=O)c3n(C)c2c1. The molecule has 3 rings (SSSR count). The van der Waals surface area contributed by atoms with Crippen LogP contribution in [0.25, 0.3) is 21.8 Å². The largest absolute Gasteiger partial charge is 0.497 e. The Kier molecular flexibility index (Phi) is 4.43. The summed E-state index contributed by atoms with van der Waals surface area (Å²) in [7, 11) is 9.08. The normalized spacial score (nSPS) is 11.6. The van der Waals surface area contributed by atoms with Crippen LogP contribution in [0.3, 0.4) is 0 Å². The maximum absolute atomic E-state index is 13.0. The third-order valence-electron chi connectivity index (χ3n) is 4.52. The van der Waals surface area contributed by atoms with Crippen LogP contribution in [0.15, 0.2) is 16.9 Å². The van der Waals surface area contributed by atoms with Gasteiger partial charge in [-0.3, -0.25) is 4.79 Å². The molecule has 1 aromatic carbocycles. The number of aromatic nitrogens is 3. The Morgan fingerprint density at radius 2 is 1.88 bits per heavy atom. The fourth-order valence-electron chi connectivity index (χ4n) is 3.23. The molecule has 7 heteroatoms. The first-order valence-corrected chi connectivity index (χ1v) is 8.15. The third kappa shape index (κ3) is 2.74. The van der Waals surface area contributed by atoms with E-state index in [4.69, 9.17) is 9.47 Å². The molecule has 0 aliphatic heterocycles. The molecule has 7 nitrogen and oxygen atoms in total. The molecule has 0 aliphatic rings. The molecule has 0 fully saturated rings. The summed E-state index contributed by atoms with van der Waals surface area (Å²) in [5.74, 6) is 1.36. The number of likely N-dealkylation sites (N-methyl/N-ethyl adjacent to an activating group) is 1. The molecular weight excluding hydrogens is 320 g/mol. The van der Waals surface area contributed by atoms with Crippen LogP contribution in [-0.4, -0.2) is 54.1 Å². The van der Waals surface area contributed by atoms with Gasteiger partial charge in [0, 0.05) is 31.1 Å². The van der Waals surface area contributed by atoms with Crippen molar-refractivity contribution in [3.05, 3.63) is 28.2 Å². The van der Waals surface area contributed by atoms with Gasteiger partial charge in [-0.05, 0) is 21.0 Å². The van der Waals surface area contributed by atoms with Crippen molar-refractivity contribution in [2.24, 2.45) is 7.05 Å². The van der Waals surface area contributed by atoms with Crippen LogP contribution in [0.1, 0.15) is 5.69 Å². The van der Waals surface area contributed by atoms with Gasteiger partial charge < -0.3 is 18.9 Å². The van der Waals surface area contributed by atoms with E-state index in [0.29, 0.717) is 23.6 Å². The van der Waals surface area contributed by atoms with Gasteiger partial charge in [-0.15, -0.1) is 0 Å². The number of benzene rings is 1. The summed E-state index contributed by atoms with van der Waals surface area (Å²) in [5, 5.41) is 6.26. The number of hydrogen-bond acceptors (Lipinski definition) is 5. The predicted octanol–water partition coefficient (Wildman–Crippen LogP) is 1.78. The van der Waals surface area contributed by atoms with Gasteiger partial charge in [-0.25, -0.2) is 4.68 Å². The smallest absolute Gasteiger partial charge is 0.291 e. The van der Waals surface area contributed by atoms with Gasteiger partial charge in [0.05, 0.1) is 37.4 Å². The molecule has 0 radical (unpaired) electrons. The van der Waals surface area contributed by atoms with Gasteiger partial charge in [0.25, 0.3) is 5.56 Å². The van der Waals surface area contributed by atoms with Gasteiger partial charge in [-0.1, -0.05) is 0 Å². The first-order valence-electron chi connectivity index (χ1n) is 8.15. The molecule has 0 N–H and O–H groups in total. The molecule has 0 saturated carbocycles. The first kappa shape index (κ1) is 17.3. The molecular formula is C18H24N4O3. The second-order valence-corrected chi connectivity index (χ2v) is 6.42. The van der Waals surface area contributed by atoms with E-state index in [-0.39, 0.29) is 5.56 Å². The Balaban J connectivity index is 2.39. The van der Waals surface area contributed by atoms with Crippen molar-refractivity contribution in [3.8, 4) is 11.5 Å². The van der Waals surface area contributed by atoms with E-state index < -0.39 is 0 Å². The van der Waals surface area contributed by atoms with E-state index in [1.807, 2.05) is 49.7 Å². The van der Waals surface area contributed by atoms with Crippen LogP contribution in [0, 0.1) is 6.92 Å². The predicted molar refractivity (Wildman–Crippen MR) is 98.9 cm³/mol. The standard InChI is InChI=1S/C18H24N4O3/c1-11-15-16-13(9-12(24-5)10-14(16)25-6)21(4)17(15)18(23)22(19-11)8-7-20(2)3/h9-10H,7-8H2,1-6H3. The van der Waals surface area contributed by atoms with Crippen molar-refractivity contribution in [2.45, 2.75) is 13.5 Å². The highest BCUT2D eigenvalue weighted by Crippen LogP contribution is 2.38. The first-order chi connectivity index (χ1) is 11.9. The van der Waals surface area contributed by atoms with Gasteiger partial charge in [-0.2, -0.15) is 5.10 Å². The van der Waals surface area contributed by atoms with Gasteiger partial charge in [0.1, 0.15) is 17.0 Å². The number of nitrogens with zero attached hydrogens (tertiary/aromatic N) is 4. The molecule has 25 heavy (non-hydrogen) atoms. The molecule has 134 valence electrons. The summed E-state index contributed by atoms with van der Waals surface area (Å²) < 4.78 is 14.4. The van der Waals surface area contributed by atoms with Crippen LogP contribution in [0.2, 0.25) is 0 Å². The van der Waals surface area contributed by atoms with E-state index in [1.165, 1.54) is 0 Å². The topological polar surface area (TPSA) is 61.5 Å². The van der Waals surface area contributed by atoms with Crippen molar-refractivity contribution in [1.82, 2.24) is 19.2 Å². The molecule has 0 bridgehead atoms. The summed E-state index contributed by atoms with van der Waals surface area (Å²) >= 11 is 0. The number of fused-ring (bicyclic) bond motifs is 3. The Hall–Kier alpha value is -2.54. The van der Waals surface area contributed by atoms with Crippen LogP contribution in [0.5, 0.6) is 11.5 Å². The number of hydrogen-bond donors (Lipinski definition) is 0. The third-order valence-corrected chi connectivity index (χ3v) is 4.52. The summed E-state index contributed by atoms with van der Waals surface area (Å²) in [6, 6.07) is 3.75. The van der Waals surface area contributed by atoms with Crippen molar-refractivity contribution in [3.63, 3.8) is 0 Å². The number of ether oxygens (including phenoxy) is 2. The second-order valence-electron chi connectivity index (χ2n) is 6.42. The lowest BCUT2D eigenvalue weighted by molar-refractivity contribution is 0.367. The fourth-order valence-corrected chi connectivity index (χ4v) is 3.23. The fraction of sp³-hybridized carbons (Fsp3) is 0.444. The zero-order chi connectivity index (χ0) is 18.3. The summed E-state index contributed by atoms with van der Waals surface area (Å²) in [4.78, 5) is 15.1. The zero-order valence-corrected chi connectivity index (χ0v) is 15.6. The quantitative estimate of drug-likeness (QED) is 0.706. The molecule has 0 aliphatic carbocycles. The Morgan fingerprint density at radius 3 is 2.48 bits per heavy atom. The molecule has 0 atom stereocenters. The van der Waals surface area contributed by atoms with Crippen molar-refractivity contribution in [2.75, 3.05) is 34.9 Å². The monoisotopic (exact) mass is 344 g/mol. The van der Waals surface area contributed by atoms with Crippen LogP contribution in [0.4, 0.5) is 0 Å². The lowest BCUT2D eigenvalue weighted by atomic mass is 10.1. The molecule has 0 saturated heterocycles. The molecule has 2 aromatic heterocycles. The number of rotatable bonds is 5. The summed E-state index contributed by atoms with van der Waals surface area (Å²) in [6.45, 7) is 3.22. The van der Waals surface area contributed by atoms with E-state index >= 15 is 0 Å². The van der Waals surface area contributed by atoms with Crippen LogP contribution in [-0.2, 0) is 13.6 Å². The minimum absolute atomic E-state index is 0.0952. The lowest BCUT2D eigenvalue weighted by Gasteiger charge is -2.11. The van der Waals surface area contributed by atoms with Crippen LogP contribution >= 0.6 is 0 Å². The highest BCUT2D eigenvalue weighted by molar-refractivity contribution is 6.12. The Morgan fingerprint density at radius 1 is 1.16 bits per heavy atom. The molecule has 0 amide bonds.